The Morgan fingerprint density at radius 3 is 1.38 bits per heavy atom. The first-order chi connectivity index (χ1) is 34.3. The van der Waals surface area contributed by atoms with Gasteiger partial charge in [-0.05, 0) is 107 Å². The lowest BCUT2D eigenvalue weighted by molar-refractivity contribution is -0.140. The van der Waals surface area contributed by atoms with E-state index in [1.54, 1.807) is 30.3 Å². The number of hydrogen-bond donors (Lipinski definition) is 5. The van der Waals surface area contributed by atoms with Crippen LogP contribution in [0.4, 0.5) is 0 Å². The van der Waals surface area contributed by atoms with Gasteiger partial charge in [-0.15, -0.1) is 0 Å². The zero-order chi connectivity index (χ0) is 51.0. The molecule has 0 aliphatic heterocycles. The number of nitrogens with one attached hydrogen (secondary N) is 2. The first kappa shape index (κ1) is 52.3. The lowest BCUT2D eigenvalue weighted by atomic mass is 9.92. The van der Waals surface area contributed by atoms with Crippen molar-refractivity contribution in [3.05, 3.63) is 162 Å². The molecule has 2 atom stereocenters. The molecule has 0 aliphatic carbocycles. The van der Waals surface area contributed by atoms with Gasteiger partial charge in [0.2, 0.25) is 23.5 Å². The number of aliphatic hydroxyl groups excluding tert-OH is 2. The number of aliphatic carboxylic acids is 1. The largest absolute Gasteiger partial charge is 0.480 e. The van der Waals surface area contributed by atoms with Gasteiger partial charge in [0.15, 0.2) is 0 Å². The summed E-state index contributed by atoms with van der Waals surface area (Å²) in [5.41, 5.74) is 8.20. The number of carboxylic acids is 1. The molecule has 0 bridgehead atoms. The van der Waals surface area contributed by atoms with Gasteiger partial charge >= 0.3 is 5.97 Å². The van der Waals surface area contributed by atoms with Gasteiger partial charge in [-0.3, -0.25) is 10.1 Å². The predicted octanol–water partition coefficient (Wildman–Crippen LogP) is 7.05. The molecule has 0 saturated heterocycles. The van der Waals surface area contributed by atoms with Gasteiger partial charge in [-0.1, -0.05) is 59.6 Å². The van der Waals surface area contributed by atoms with Crippen molar-refractivity contribution in [2.24, 2.45) is 0 Å². The van der Waals surface area contributed by atoms with Crippen LogP contribution in [0, 0.1) is 59.2 Å². The standard InChI is InChI=1S/C52H44Cl2N8O9/c1-30-38(28-70-50-45(53)15-40(21-59-42(23-63)24-64)48(61-50)68-26-36-11-32(17-55)9-33(12-36)18-56)5-3-7-43(30)44-8-4-6-39(31(44)2)29-71-51-46(54)16-41(22-60-47(25-65)52(66)67)49(62-51)69-27-37-13-34(19-57)10-35(14-37)20-58/h3-16,23,42,47,59-60,64-65H,21-22,24-29H2,1-2H3,(H,66,67). The van der Waals surface area contributed by atoms with E-state index >= 15 is 0 Å². The number of nitrogens with zero attached hydrogens (tertiary/aromatic N) is 6. The van der Waals surface area contributed by atoms with E-state index in [-0.39, 0.29) is 95.3 Å². The Bertz CT molecular complexity index is 3060. The third-order valence-electron chi connectivity index (χ3n) is 11.1. The molecule has 0 spiro atoms. The summed E-state index contributed by atoms with van der Waals surface area (Å²) >= 11 is 13.4. The first-order valence-electron chi connectivity index (χ1n) is 21.6. The van der Waals surface area contributed by atoms with Gasteiger partial charge in [0.25, 0.3) is 0 Å². The van der Waals surface area contributed by atoms with E-state index in [9.17, 15) is 46.0 Å². The smallest absolute Gasteiger partial charge is 0.323 e. The molecule has 5 N–H and O–H groups in total. The number of pyridine rings is 2. The summed E-state index contributed by atoms with van der Waals surface area (Å²) in [6.45, 7) is 2.68. The fourth-order valence-electron chi connectivity index (χ4n) is 7.22. The Balaban J connectivity index is 1.22. The molecule has 71 heavy (non-hydrogen) atoms. The van der Waals surface area contributed by atoms with Crippen LogP contribution in [0.1, 0.15) is 66.8 Å². The minimum atomic E-state index is -1.28. The minimum absolute atomic E-state index is 0.0211. The van der Waals surface area contributed by atoms with Crippen molar-refractivity contribution in [1.82, 2.24) is 20.6 Å². The van der Waals surface area contributed by atoms with E-state index in [0.717, 1.165) is 33.4 Å². The first-order valence-corrected chi connectivity index (χ1v) is 22.4. The number of halogens is 2. The van der Waals surface area contributed by atoms with E-state index in [1.165, 1.54) is 18.2 Å². The summed E-state index contributed by atoms with van der Waals surface area (Å²) in [6.07, 6.45) is 0.575. The van der Waals surface area contributed by atoms with Gasteiger partial charge in [0, 0.05) is 24.2 Å². The summed E-state index contributed by atoms with van der Waals surface area (Å²) in [4.78, 5) is 32.2. The molecule has 4 aromatic carbocycles. The highest BCUT2D eigenvalue weighted by atomic mass is 35.5. The van der Waals surface area contributed by atoms with E-state index < -0.39 is 31.3 Å². The van der Waals surface area contributed by atoms with Gasteiger partial charge in [-0.25, -0.2) is 0 Å². The quantitative estimate of drug-likeness (QED) is 0.0402. The highest BCUT2D eigenvalue weighted by Crippen LogP contribution is 2.35. The monoisotopic (exact) mass is 994 g/mol. The average molecular weight is 996 g/mol. The lowest BCUT2D eigenvalue weighted by Crippen LogP contribution is -2.39. The van der Waals surface area contributed by atoms with Crippen LogP contribution in [0.25, 0.3) is 11.1 Å². The Labute approximate surface area is 418 Å². The predicted molar refractivity (Wildman–Crippen MR) is 258 cm³/mol. The molecule has 2 heterocycles. The van der Waals surface area contributed by atoms with Crippen LogP contribution >= 0.6 is 23.2 Å². The zero-order valence-electron chi connectivity index (χ0n) is 38.2. The summed E-state index contributed by atoms with van der Waals surface area (Å²) in [7, 11) is 0. The fourth-order valence-corrected chi connectivity index (χ4v) is 7.68. The summed E-state index contributed by atoms with van der Waals surface area (Å²) < 4.78 is 24.6. The number of aliphatic hydroxyl groups is 2. The second-order valence-corrected chi connectivity index (χ2v) is 16.7. The van der Waals surface area contributed by atoms with Crippen LogP contribution in [0.15, 0.2) is 84.9 Å². The fraction of sp³-hybridized carbons (Fsp3) is 0.231. The van der Waals surface area contributed by atoms with E-state index in [4.69, 9.17) is 42.1 Å². The molecule has 0 saturated carbocycles. The van der Waals surface area contributed by atoms with E-state index in [1.807, 2.05) is 74.5 Å². The van der Waals surface area contributed by atoms with Crippen LogP contribution in [-0.2, 0) is 49.1 Å². The van der Waals surface area contributed by atoms with Crippen LogP contribution in [-0.4, -0.2) is 62.8 Å². The molecule has 19 heteroatoms. The molecule has 0 amide bonds. The lowest BCUT2D eigenvalue weighted by Gasteiger charge is -2.18. The molecule has 6 rings (SSSR count). The maximum Gasteiger partial charge on any atom is 0.323 e. The van der Waals surface area contributed by atoms with Crippen molar-refractivity contribution in [3.8, 4) is 58.9 Å². The normalized spacial score (nSPS) is 11.5. The Morgan fingerprint density at radius 1 is 0.606 bits per heavy atom. The van der Waals surface area contributed by atoms with Crippen LogP contribution in [0.2, 0.25) is 10.0 Å². The number of rotatable bonds is 23. The Hall–Kier alpha value is -8.10. The topological polar surface area (TPSA) is 277 Å². The van der Waals surface area contributed by atoms with Crippen molar-refractivity contribution >= 4 is 35.5 Å². The van der Waals surface area contributed by atoms with Crippen molar-refractivity contribution in [1.29, 1.82) is 21.0 Å². The second-order valence-electron chi connectivity index (χ2n) is 15.9. The number of carbonyl (C=O) groups excluding carboxylic acids is 1. The number of carbonyl (C=O) groups is 2. The van der Waals surface area contributed by atoms with E-state index in [2.05, 4.69) is 20.6 Å². The molecule has 0 fully saturated rings. The van der Waals surface area contributed by atoms with Gasteiger partial charge < -0.3 is 44.4 Å². The van der Waals surface area contributed by atoms with Crippen LogP contribution in [0.5, 0.6) is 23.5 Å². The number of benzene rings is 4. The number of carboxylic acid groups (broad SMARTS) is 1. The highest BCUT2D eigenvalue weighted by Gasteiger charge is 2.21. The number of aldehydes is 1. The summed E-state index contributed by atoms with van der Waals surface area (Å²) in [5, 5.41) is 72.4. The van der Waals surface area contributed by atoms with Crippen LogP contribution < -0.4 is 29.6 Å². The third-order valence-corrected chi connectivity index (χ3v) is 11.6. The van der Waals surface area contributed by atoms with Gasteiger partial charge in [-0.2, -0.15) is 31.0 Å². The maximum atomic E-state index is 11.6. The summed E-state index contributed by atoms with van der Waals surface area (Å²) in [5.74, 6) is -1.04. The average Bonchev–Trinajstić information content (AvgIpc) is 3.38. The van der Waals surface area contributed by atoms with Crippen molar-refractivity contribution in [2.45, 2.75) is 65.4 Å². The number of ether oxygens (including phenoxy) is 4. The molecular formula is C52H44Cl2N8O9. The summed E-state index contributed by atoms with van der Waals surface area (Å²) in [6, 6.07) is 29.9. The molecule has 2 unspecified atom stereocenters. The molecule has 2 aromatic heterocycles. The van der Waals surface area contributed by atoms with Crippen molar-refractivity contribution in [2.75, 3.05) is 13.2 Å². The zero-order valence-corrected chi connectivity index (χ0v) is 39.7. The molecule has 6 aromatic rings. The number of hydrogen-bond acceptors (Lipinski definition) is 16. The Kier molecular flexibility index (Phi) is 18.4. The SMILES string of the molecule is Cc1c(COc2nc(OCc3cc(C#N)cc(C#N)c3)c(CNC(C=O)CO)cc2Cl)cccc1-c1cccc(COc2nc(OCc3cc(C#N)cc(C#N)c3)c(CNC(CO)C(=O)O)cc2Cl)c1C. The van der Waals surface area contributed by atoms with Crippen molar-refractivity contribution < 1.29 is 43.9 Å². The number of nitriles is 4. The van der Waals surface area contributed by atoms with Gasteiger partial charge in [0.05, 0.1) is 65.8 Å². The molecular weight excluding hydrogens is 952 g/mol. The second kappa shape index (κ2) is 25.0. The molecule has 0 aliphatic rings. The van der Waals surface area contributed by atoms with Crippen LogP contribution in [0.3, 0.4) is 0 Å². The van der Waals surface area contributed by atoms with Crippen molar-refractivity contribution in [3.63, 3.8) is 0 Å². The third kappa shape index (κ3) is 13.6. The molecule has 360 valence electrons. The minimum Gasteiger partial charge on any atom is -0.480 e. The van der Waals surface area contributed by atoms with E-state index in [0.29, 0.717) is 28.5 Å². The Morgan fingerprint density at radius 2 is 1.01 bits per heavy atom. The maximum absolute atomic E-state index is 11.6. The molecule has 17 nitrogen and oxygen atoms in total. The van der Waals surface area contributed by atoms with Gasteiger partial charge in [0.1, 0.15) is 48.8 Å². The number of aromatic nitrogens is 2. The molecule has 0 radical (unpaired) electrons. The highest BCUT2D eigenvalue weighted by molar-refractivity contribution is 6.32.